The van der Waals surface area contributed by atoms with Crippen LogP contribution >= 0.6 is 0 Å². The van der Waals surface area contributed by atoms with E-state index in [0.717, 1.165) is 0 Å². The average molecular weight is 635 g/mol. The van der Waals surface area contributed by atoms with Gasteiger partial charge in [-0.2, -0.15) is 26.3 Å². The molecule has 5 amide bonds. The number of carbonyl (C=O) groups is 5. The molecule has 0 aliphatic carbocycles. The van der Waals surface area contributed by atoms with Gasteiger partial charge in [-0.15, -0.1) is 0 Å². The highest BCUT2D eigenvalue weighted by Crippen LogP contribution is 2.15. The molecule has 0 saturated heterocycles. The van der Waals surface area contributed by atoms with Crippen LogP contribution in [-0.4, -0.2) is 85.9 Å². The molecule has 0 fully saturated rings. The van der Waals surface area contributed by atoms with Crippen LogP contribution in [0.2, 0.25) is 0 Å². The van der Waals surface area contributed by atoms with Crippen LogP contribution in [0, 0.1) is 0 Å². The van der Waals surface area contributed by atoms with Gasteiger partial charge < -0.3 is 31.3 Å². The molecule has 0 aliphatic rings. The molecule has 14 nitrogen and oxygen atoms in total. The maximum Gasteiger partial charge on any atom is 0.471 e. The second-order valence-corrected chi connectivity index (χ2v) is 10.0. The lowest BCUT2D eigenvalue weighted by Gasteiger charge is -2.25. The van der Waals surface area contributed by atoms with E-state index >= 15 is 0 Å². The highest BCUT2D eigenvalue weighted by atomic mass is 19.4. The van der Waals surface area contributed by atoms with Gasteiger partial charge in [0.15, 0.2) is 0 Å². The van der Waals surface area contributed by atoms with Gasteiger partial charge in [-0.3, -0.25) is 19.2 Å². The Hall–Kier alpha value is -3.96. The summed E-state index contributed by atoms with van der Waals surface area (Å²) in [6.07, 6.45) is -11.5. The quantitative estimate of drug-likeness (QED) is 0.0534. The van der Waals surface area contributed by atoms with Crippen molar-refractivity contribution in [1.82, 2.24) is 26.6 Å². The van der Waals surface area contributed by atoms with Crippen LogP contribution in [-0.2, 0) is 23.9 Å². The number of alkyl carbamates (subject to hydrolysis) is 1. The smallest absolute Gasteiger partial charge is 0.444 e. The van der Waals surface area contributed by atoms with Gasteiger partial charge in [0.05, 0.1) is 0 Å². The van der Waals surface area contributed by atoms with Crippen molar-refractivity contribution in [2.45, 2.75) is 89.3 Å². The second kappa shape index (κ2) is 18.6. The van der Waals surface area contributed by atoms with Crippen LogP contribution in [0.15, 0.2) is 5.11 Å². The van der Waals surface area contributed by atoms with Crippen molar-refractivity contribution < 1.29 is 55.1 Å². The molecular weight excluding hydrogens is 598 g/mol. The number of rotatable bonds is 17. The third-order valence-electron chi connectivity index (χ3n) is 5.11. The first-order valence-corrected chi connectivity index (χ1v) is 13.1. The largest absolute Gasteiger partial charge is 0.471 e. The number of amides is 5. The number of alkyl halides is 6. The summed E-state index contributed by atoms with van der Waals surface area (Å²) in [5.74, 6) is -6.14. The molecule has 246 valence electrons. The lowest BCUT2D eigenvalue weighted by atomic mass is 10.1. The van der Waals surface area contributed by atoms with Gasteiger partial charge in [-0.25, -0.2) is 4.79 Å². The van der Waals surface area contributed by atoms with Gasteiger partial charge in [-0.05, 0) is 64.8 Å². The summed E-state index contributed by atoms with van der Waals surface area (Å²) in [4.78, 5) is 62.8. The molecule has 43 heavy (non-hydrogen) atoms. The highest BCUT2D eigenvalue weighted by Gasteiger charge is 2.39. The molecule has 5 N–H and O–H groups in total. The van der Waals surface area contributed by atoms with E-state index in [9.17, 15) is 50.3 Å². The third kappa shape index (κ3) is 19.0. The Morgan fingerprint density at radius 3 is 1.63 bits per heavy atom. The van der Waals surface area contributed by atoms with E-state index in [1.807, 2.05) is 0 Å². The van der Waals surface area contributed by atoms with Gasteiger partial charge in [0.2, 0.25) is 11.8 Å². The van der Waals surface area contributed by atoms with Gasteiger partial charge >= 0.3 is 30.3 Å². The standard InChI is InChI=1S/C23H36F6N8O6/c1-21(2,3)43-20(42)36-15(9-7-12-33-19(41)23(27,28)29)17(39)35-14(8-6-11-32-18(40)22(24,25)26)16(38)31-10-4-5-13-34-37-30/h14-15H,4-13H2,1-3H3,(H,31,38)(H,32,40)(H,33,41)(H,35,39)(H,36,42)/t14-,15-/m0/s1. The molecule has 0 aromatic heterocycles. The Balaban J connectivity index is 5.53. The van der Waals surface area contributed by atoms with Crippen molar-refractivity contribution in [2.24, 2.45) is 5.11 Å². The van der Waals surface area contributed by atoms with Crippen LogP contribution in [0.4, 0.5) is 31.1 Å². The number of nitrogens with zero attached hydrogens (tertiary/aromatic N) is 3. The lowest BCUT2D eigenvalue weighted by Crippen LogP contribution is -2.54. The number of azide groups is 1. The number of carbonyl (C=O) groups excluding carboxylic acids is 5. The molecule has 0 radical (unpaired) electrons. The molecule has 0 aromatic rings. The number of ether oxygens (including phenoxy) is 1. The van der Waals surface area contributed by atoms with Crippen LogP contribution in [0.3, 0.4) is 0 Å². The summed E-state index contributed by atoms with van der Waals surface area (Å²) >= 11 is 0. The molecule has 20 heteroatoms. The molecule has 2 atom stereocenters. The maximum absolute atomic E-state index is 13.1. The van der Waals surface area contributed by atoms with E-state index < -0.39 is 72.8 Å². The maximum atomic E-state index is 13.1. The van der Waals surface area contributed by atoms with Crippen LogP contribution in [0.5, 0.6) is 0 Å². The minimum Gasteiger partial charge on any atom is -0.444 e. The van der Waals surface area contributed by atoms with Gasteiger partial charge in [0.25, 0.3) is 0 Å². The zero-order chi connectivity index (χ0) is 33.3. The number of halogens is 6. The van der Waals surface area contributed by atoms with Gasteiger partial charge in [0, 0.05) is 31.1 Å². The van der Waals surface area contributed by atoms with E-state index in [1.54, 1.807) is 10.6 Å². The van der Waals surface area contributed by atoms with E-state index in [0.29, 0.717) is 12.8 Å². The van der Waals surface area contributed by atoms with E-state index in [1.165, 1.54) is 20.8 Å². The fourth-order valence-corrected chi connectivity index (χ4v) is 3.16. The molecule has 0 spiro atoms. The zero-order valence-electron chi connectivity index (χ0n) is 23.8. The van der Waals surface area contributed by atoms with E-state index in [4.69, 9.17) is 10.3 Å². The Labute approximate surface area is 243 Å². The Morgan fingerprint density at radius 1 is 0.721 bits per heavy atom. The van der Waals surface area contributed by atoms with Gasteiger partial charge in [0.1, 0.15) is 17.7 Å². The monoisotopic (exact) mass is 634 g/mol. The first-order chi connectivity index (χ1) is 19.8. The Kier molecular flexibility index (Phi) is 16.8. The molecule has 0 saturated carbocycles. The van der Waals surface area contributed by atoms with Crippen molar-refractivity contribution in [1.29, 1.82) is 0 Å². The minimum absolute atomic E-state index is 0.0788. The summed E-state index contributed by atoms with van der Waals surface area (Å²) < 4.78 is 79.6. The third-order valence-corrected chi connectivity index (χ3v) is 5.11. The number of hydrogen-bond acceptors (Lipinski definition) is 7. The van der Waals surface area contributed by atoms with Crippen molar-refractivity contribution >= 4 is 29.7 Å². The lowest BCUT2D eigenvalue weighted by molar-refractivity contribution is -0.173. The molecule has 0 unspecified atom stereocenters. The van der Waals surface area contributed by atoms with Crippen molar-refractivity contribution in [3.8, 4) is 0 Å². The fraction of sp³-hybridized carbons (Fsp3) is 0.783. The fourth-order valence-electron chi connectivity index (χ4n) is 3.16. The minimum atomic E-state index is -5.13. The highest BCUT2D eigenvalue weighted by molar-refractivity contribution is 5.91. The SMILES string of the molecule is CC(C)(C)OC(=O)N[C@@H](CCCNC(=O)C(F)(F)F)C(=O)N[C@@H](CCCNC(=O)C(F)(F)F)C(=O)NCCCCN=[N+]=[N-]. The molecule has 0 rings (SSSR count). The van der Waals surface area contributed by atoms with E-state index in [2.05, 4.69) is 26.0 Å². The van der Waals surface area contributed by atoms with Crippen LogP contribution < -0.4 is 26.6 Å². The number of hydrogen-bond donors (Lipinski definition) is 5. The topological polar surface area (TPSA) is 203 Å². The summed E-state index contributed by atoms with van der Waals surface area (Å²) in [5.41, 5.74) is 7.30. The summed E-state index contributed by atoms with van der Waals surface area (Å²) in [7, 11) is 0. The zero-order valence-corrected chi connectivity index (χ0v) is 23.8. The number of nitrogens with one attached hydrogen (secondary N) is 5. The van der Waals surface area contributed by atoms with Gasteiger partial charge in [-0.1, -0.05) is 5.11 Å². The summed E-state index contributed by atoms with van der Waals surface area (Å²) in [6, 6.07) is -2.82. The van der Waals surface area contributed by atoms with E-state index in [-0.39, 0.29) is 38.8 Å². The first-order valence-electron chi connectivity index (χ1n) is 13.1. The summed E-state index contributed by atoms with van der Waals surface area (Å²) in [6.45, 7) is 3.80. The van der Waals surface area contributed by atoms with Crippen molar-refractivity contribution in [2.75, 3.05) is 26.2 Å². The van der Waals surface area contributed by atoms with Crippen molar-refractivity contribution in [3.63, 3.8) is 0 Å². The second-order valence-electron chi connectivity index (χ2n) is 10.0. The molecular formula is C23H36F6N8O6. The Morgan fingerprint density at radius 2 is 1.19 bits per heavy atom. The molecule has 0 bridgehead atoms. The van der Waals surface area contributed by atoms with Crippen molar-refractivity contribution in [3.05, 3.63) is 10.4 Å². The molecule has 0 heterocycles. The predicted molar refractivity (Wildman–Crippen MR) is 138 cm³/mol. The molecule has 0 aromatic carbocycles. The average Bonchev–Trinajstić information content (AvgIpc) is 2.86. The molecule has 0 aliphatic heterocycles. The summed E-state index contributed by atoms with van der Waals surface area (Å²) in [5, 5.41) is 13.7. The normalized spacial score (nSPS) is 13.0. The predicted octanol–water partition coefficient (Wildman–Crippen LogP) is 2.49. The number of unbranched alkanes of at least 4 members (excludes halogenated alkanes) is 1. The first kappa shape index (κ1) is 39.0. The van der Waals surface area contributed by atoms with Crippen LogP contribution in [0.25, 0.3) is 10.4 Å². The Bertz CT molecular complexity index is 996. The van der Waals surface area contributed by atoms with Crippen LogP contribution in [0.1, 0.15) is 59.3 Å².